The number of hydrogen-bond donors (Lipinski definition) is 3. The fraction of sp³-hybridized carbons (Fsp3) is 0.818. The lowest BCUT2D eigenvalue weighted by Gasteiger charge is -2.19. The summed E-state index contributed by atoms with van der Waals surface area (Å²) in [5, 5.41) is 8.34. The van der Waals surface area contributed by atoms with Crippen molar-refractivity contribution in [3.8, 4) is 0 Å². The van der Waals surface area contributed by atoms with Crippen LogP contribution >= 0.6 is 0 Å². The average molecular weight is 444 g/mol. The normalized spacial score (nSPS) is 10.8. The number of rotatable bonds is 16. The van der Waals surface area contributed by atoms with E-state index in [1.54, 1.807) is 27.7 Å². The fourth-order valence-electron chi connectivity index (χ4n) is 2.59. The van der Waals surface area contributed by atoms with Crippen LogP contribution < -0.4 is 16.0 Å². The summed E-state index contributed by atoms with van der Waals surface area (Å²) in [5.41, 5.74) is -0.518. The van der Waals surface area contributed by atoms with Crippen molar-refractivity contribution >= 4 is 23.9 Å². The second kappa shape index (κ2) is 17.4. The maximum atomic E-state index is 11.8. The van der Waals surface area contributed by atoms with Gasteiger partial charge in [-0.05, 0) is 66.2 Å². The van der Waals surface area contributed by atoms with Crippen molar-refractivity contribution in [2.75, 3.05) is 26.2 Å². The minimum atomic E-state index is -0.518. The molecule has 3 amide bonds. The molecule has 0 bridgehead atoms. The molecule has 0 atom stereocenters. The van der Waals surface area contributed by atoms with E-state index in [2.05, 4.69) is 16.0 Å². The van der Waals surface area contributed by atoms with Crippen LogP contribution in [0.4, 0.5) is 4.79 Å². The molecule has 180 valence electrons. The van der Waals surface area contributed by atoms with Crippen LogP contribution in [0.15, 0.2) is 0 Å². The van der Waals surface area contributed by atoms with Gasteiger partial charge in [-0.2, -0.15) is 0 Å². The Morgan fingerprint density at radius 1 is 0.677 bits per heavy atom. The summed E-state index contributed by atoms with van der Waals surface area (Å²) in [6, 6.07) is 0. The molecule has 0 aromatic heterocycles. The molecule has 0 saturated carbocycles. The van der Waals surface area contributed by atoms with Gasteiger partial charge in [0.2, 0.25) is 11.8 Å². The van der Waals surface area contributed by atoms with Gasteiger partial charge >= 0.3 is 12.1 Å². The third kappa shape index (κ3) is 20.7. The molecule has 0 heterocycles. The number of unbranched alkanes of at least 4 members (excludes halogenated alkanes) is 3. The Kier molecular flexibility index (Phi) is 16.1. The molecule has 0 aliphatic rings. The molecule has 0 radical (unpaired) electrons. The molecule has 9 heteroatoms. The maximum absolute atomic E-state index is 11.8. The summed E-state index contributed by atoms with van der Waals surface area (Å²) < 4.78 is 9.97. The zero-order chi connectivity index (χ0) is 23.5. The topological polar surface area (TPSA) is 123 Å². The lowest BCUT2D eigenvalue weighted by Crippen LogP contribution is -2.33. The van der Waals surface area contributed by atoms with Gasteiger partial charge < -0.3 is 25.4 Å². The first-order chi connectivity index (χ1) is 14.6. The molecule has 0 aliphatic carbocycles. The van der Waals surface area contributed by atoms with Gasteiger partial charge in [0.15, 0.2) is 0 Å². The molecular formula is C22H41N3O6. The van der Waals surface area contributed by atoms with Gasteiger partial charge in [-0.15, -0.1) is 0 Å². The summed E-state index contributed by atoms with van der Waals surface area (Å²) in [5.74, 6) is -0.239. The number of carbonyl (C=O) groups is 4. The second-order valence-electron chi connectivity index (χ2n) is 8.30. The first-order valence-corrected chi connectivity index (χ1v) is 11.3. The largest absolute Gasteiger partial charge is 0.466 e. The Morgan fingerprint density at radius 2 is 1.13 bits per heavy atom. The zero-order valence-corrected chi connectivity index (χ0v) is 19.6. The molecule has 0 saturated heterocycles. The summed E-state index contributed by atoms with van der Waals surface area (Å²) in [7, 11) is 0. The van der Waals surface area contributed by atoms with Crippen molar-refractivity contribution < 1.29 is 28.7 Å². The smallest absolute Gasteiger partial charge is 0.407 e. The Morgan fingerprint density at radius 3 is 1.58 bits per heavy atom. The van der Waals surface area contributed by atoms with Gasteiger partial charge in [0, 0.05) is 38.9 Å². The number of carbonyl (C=O) groups excluding carboxylic acids is 4. The molecule has 0 aliphatic heterocycles. The van der Waals surface area contributed by atoms with Crippen molar-refractivity contribution in [1.29, 1.82) is 0 Å². The Balaban J connectivity index is 3.50. The van der Waals surface area contributed by atoms with Gasteiger partial charge in [0.1, 0.15) is 5.60 Å². The van der Waals surface area contributed by atoms with E-state index in [0.717, 1.165) is 12.8 Å². The van der Waals surface area contributed by atoms with E-state index in [9.17, 15) is 19.2 Å². The number of esters is 1. The molecule has 0 fully saturated rings. The highest BCUT2D eigenvalue weighted by Crippen LogP contribution is 2.06. The Bertz CT molecular complexity index is 546. The van der Waals surface area contributed by atoms with Crippen LogP contribution in [0.1, 0.15) is 85.5 Å². The number of alkyl carbamates (subject to hydrolysis) is 1. The highest BCUT2D eigenvalue weighted by atomic mass is 16.6. The number of amides is 3. The van der Waals surface area contributed by atoms with Crippen molar-refractivity contribution in [2.24, 2.45) is 0 Å². The zero-order valence-electron chi connectivity index (χ0n) is 19.6. The molecule has 31 heavy (non-hydrogen) atoms. The van der Waals surface area contributed by atoms with Gasteiger partial charge in [-0.3, -0.25) is 14.4 Å². The van der Waals surface area contributed by atoms with Crippen molar-refractivity contribution in [1.82, 2.24) is 16.0 Å². The van der Waals surface area contributed by atoms with E-state index in [0.29, 0.717) is 71.2 Å². The van der Waals surface area contributed by atoms with Crippen LogP contribution in [-0.4, -0.2) is 55.7 Å². The first-order valence-electron chi connectivity index (χ1n) is 11.3. The van der Waals surface area contributed by atoms with Gasteiger partial charge in [0.05, 0.1) is 6.61 Å². The lowest BCUT2D eigenvalue weighted by molar-refractivity contribution is -0.143. The molecule has 0 rings (SSSR count). The Labute approximate surface area is 186 Å². The van der Waals surface area contributed by atoms with Crippen molar-refractivity contribution in [3.05, 3.63) is 0 Å². The van der Waals surface area contributed by atoms with Gasteiger partial charge in [-0.1, -0.05) is 0 Å². The SMILES string of the molecule is CCOC(=O)CCCCNC(=O)CCCCNC(=O)CCCCNC(=O)OC(C)(C)C. The molecule has 3 N–H and O–H groups in total. The third-order valence-corrected chi connectivity index (χ3v) is 4.09. The van der Waals surface area contributed by atoms with E-state index in [1.165, 1.54) is 0 Å². The lowest BCUT2D eigenvalue weighted by atomic mass is 10.2. The number of nitrogens with one attached hydrogen (secondary N) is 3. The summed E-state index contributed by atoms with van der Waals surface area (Å²) in [6.45, 7) is 9.15. The molecular weight excluding hydrogens is 402 g/mol. The molecule has 0 unspecified atom stereocenters. The minimum Gasteiger partial charge on any atom is -0.466 e. The van der Waals surface area contributed by atoms with E-state index >= 15 is 0 Å². The first kappa shape index (κ1) is 28.7. The van der Waals surface area contributed by atoms with Gasteiger partial charge in [-0.25, -0.2) is 4.79 Å². The Hall–Kier alpha value is -2.32. The maximum Gasteiger partial charge on any atom is 0.407 e. The summed E-state index contributed by atoms with van der Waals surface area (Å²) >= 11 is 0. The highest BCUT2D eigenvalue weighted by molar-refractivity contribution is 5.76. The monoisotopic (exact) mass is 443 g/mol. The molecule has 0 aromatic rings. The fourth-order valence-corrected chi connectivity index (χ4v) is 2.59. The minimum absolute atomic E-state index is 0.0139. The van der Waals surface area contributed by atoms with Crippen LogP contribution in [0.3, 0.4) is 0 Å². The van der Waals surface area contributed by atoms with Crippen LogP contribution in [0.5, 0.6) is 0 Å². The molecule has 9 nitrogen and oxygen atoms in total. The standard InChI is InChI=1S/C22H41N3O6/c1-5-30-20(28)14-8-11-16-24-18(26)12-6-9-15-23-19(27)13-7-10-17-25-21(29)31-22(2,3)4/h5-17H2,1-4H3,(H,23,27)(H,24,26)(H,25,29). The summed E-state index contributed by atoms with van der Waals surface area (Å²) in [4.78, 5) is 46.2. The number of ether oxygens (including phenoxy) is 2. The molecule has 0 aromatic carbocycles. The number of hydrogen-bond acceptors (Lipinski definition) is 6. The predicted octanol–water partition coefficient (Wildman–Crippen LogP) is 2.82. The van der Waals surface area contributed by atoms with Crippen LogP contribution in [0, 0.1) is 0 Å². The molecule has 0 spiro atoms. The summed E-state index contributed by atoms with van der Waals surface area (Å²) in [6.07, 6.45) is 5.02. The second-order valence-corrected chi connectivity index (χ2v) is 8.30. The van der Waals surface area contributed by atoms with E-state index < -0.39 is 11.7 Å². The van der Waals surface area contributed by atoms with E-state index in [1.807, 2.05) is 0 Å². The van der Waals surface area contributed by atoms with Crippen LogP contribution in [0.25, 0.3) is 0 Å². The van der Waals surface area contributed by atoms with Crippen LogP contribution in [-0.2, 0) is 23.9 Å². The quantitative estimate of drug-likeness (QED) is 0.249. The van der Waals surface area contributed by atoms with E-state index in [4.69, 9.17) is 9.47 Å². The van der Waals surface area contributed by atoms with E-state index in [-0.39, 0.29) is 17.8 Å². The third-order valence-electron chi connectivity index (χ3n) is 4.09. The van der Waals surface area contributed by atoms with Crippen molar-refractivity contribution in [3.63, 3.8) is 0 Å². The van der Waals surface area contributed by atoms with Crippen LogP contribution in [0.2, 0.25) is 0 Å². The van der Waals surface area contributed by atoms with Crippen molar-refractivity contribution in [2.45, 2.75) is 91.1 Å². The highest BCUT2D eigenvalue weighted by Gasteiger charge is 2.15. The predicted molar refractivity (Wildman–Crippen MR) is 118 cm³/mol. The average Bonchev–Trinajstić information content (AvgIpc) is 2.66. The van der Waals surface area contributed by atoms with Gasteiger partial charge in [0.25, 0.3) is 0 Å².